The summed E-state index contributed by atoms with van der Waals surface area (Å²) in [5.41, 5.74) is 1.05. The predicted molar refractivity (Wildman–Crippen MR) is 124 cm³/mol. The molecule has 2 saturated heterocycles. The monoisotopic (exact) mass is 416 g/mol. The smallest absolute Gasteiger partial charge is 0.119 e. The number of nitrogens with one attached hydrogen (secondary N) is 1. The first-order chi connectivity index (χ1) is 14.2. The first-order valence-electron chi connectivity index (χ1n) is 11.4. The second-order valence-corrected chi connectivity index (χ2v) is 9.46. The highest BCUT2D eigenvalue weighted by Gasteiger charge is 2.35. The second kappa shape index (κ2) is 10.2. The van der Waals surface area contributed by atoms with E-state index in [0.29, 0.717) is 6.10 Å². The molecule has 3 fully saturated rings. The molecule has 4 rings (SSSR count). The molecular weight excluding hydrogens is 380 g/mol. The lowest BCUT2D eigenvalue weighted by Gasteiger charge is -2.44. The Hall–Kier alpha value is -1.21. The van der Waals surface area contributed by atoms with Gasteiger partial charge >= 0.3 is 0 Å². The van der Waals surface area contributed by atoms with Crippen LogP contribution < -0.4 is 10.1 Å². The molecule has 3 aliphatic rings. The van der Waals surface area contributed by atoms with Gasteiger partial charge in [0.25, 0.3) is 0 Å². The number of anilines is 1. The zero-order valence-corrected chi connectivity index (χ0v) is 18.6. The Kier molecular flexibility index (Phi) is 7.40. The van der Waals surface area contributed by atoms with Crippen LogP contribution in [0.5, 0.6) is 5.75 Å². The van der Waals surface area contributed by atoms with Crippen LogP contribution >= 0.6 is 12.2 Å². The van der Waals surface area contributed by atoms with Crippen molar-refractivity contribution in [3.05, 3.63) is 24.3 Å². The molecule has 2 aliphatic heterocycles. The summed E-state index contributed by atoms with van der Waals surface area (Å²) in [7, 11) is 2.20. The summed E-state index contributed by atoms with van der Waals surface area (Å²) in [6.07, 6.45) is 8.08. The van der Waals surface area contributed by atoms with Gasteiger partial charge in [-0.2, -0.15) is 0 Å². The van der Waals surface area contributed by atoms with Gasteiger partial charge in [-0.15, -0.1) is 0 Å². The zero-order valence-electron chi connectivity index (χ0n) is 17.8. The van der Waals surface area contributed by atoms with Crippen molar-refractivity contribution in [3.63, 3.8) is 0 Å². The highest BCUT2D eigenvalue weighted by atomic mass is 32.1. The van der Waals surface area contributed by atoms with Gasteiger partial charge in [0.05, 0.1) is 4.99 Å². The minimum atomic E-state index is 0.378. The van der Waals surface area contributed by atoms with Gasteiger partial charge in [0.2, 0.25) is 0 Å². The van der Waals surface area contributed by atoms with Crippen LogP contribution in [0.4, 0.5) is 5.69 Å². The summed E-state index contributed by atoms with van der Waals surface area (Å²) in [6, 6.07) is 9.05. The fourth-order valence-electron chi connectivity index (χ4n) is 4.69. The number of rotatable bonds is 6. The molecule has 1 saturated carbocycles. The lowest BCUT2D eigenvalue weighted by atomic mass is 9.86. The molecule has 1 aromatic carbocycles. The topological polar surface area (TPSA) is 31.0 Å². The predicted octanol–water partition coefficient (Wildman–Crippen LogP) is 3.46. The summed E-state index contributed by atoms with van der Waals surface area (Å²) in [4.78, 5) is 8.41. The Labute approximate surface area is 181 Å². The van der Waals surface area contributed by atoms with E-state index >= 15 is 0 Å². The molecule has 0 aromatic heterocycles. The van der Waals surface area contributed by atoms with Crippen molar-refractivity contribution in [1.29, 1.82) is 0 Å². The van der Waals surface area contributed by atoms with E-state index in [1.165, 1.54) is 58.2 Å². The molecule has 160 valence electrons. The number of benzene rings is 1. The zero-order chi connectivity index (χ0) is 20.1. The summed E-state index contributed by atoms with van der Waals surface area (Å²) in [6.45, 7) is 7.91. The molecule has 1 aromatic rings. The highest BCUT2D eigenvalue weighted by molar-refractivity contribution is 7.80. The van der Waals surface area contributed by atoms with Crippen LogP contribution in [-0.2, 0) is 0 Å². The Morgan fingerprint density at radius 2 is 1.72 bits per heavy atom. The maximum atomic E-state index is 6.18. The van der Waals surface area contributed by atoms with Crippen LogP contribution in [0.25, 0.3) is 0 Å². The van der Waals surface area contributed by atoms with Gasteiger partial charge in [-0.1, -0.05) is 18.6 Å². The standard InChI is InChI=1S/C23H36N4OS/c1-25-10-5-11-26(15-14-25)18-23(29)24-19-6-8-21(9-7-19)28-22-16-20(17-22)27-12-3-2-4-13-27/h6-9,20,22H,2-5,10-18H2,1H3,(H,24,29). The van der Waals surface area contributed by atoms with Crippen molar-refractivity contribution in [2.75, 3.05) is 58.2 Å². The van der Waals surface area contributed by atoms with Crippen molar-refractivity contribution in [2.24, 2.45) is 0 Å². The molecule has 0 spiro atoms. The molecular formula is C23H36N4OS. The number of hydrogen-bond donors (Lipinski definition) is 1. The maximum Gasteiger partial charge on any atom is 0.119 e. The van der Waals surface area contributed by atoms with E-state index in [2.05, 4.69) is 51.3 Å². The van der Waals surface area contributed by atoms with Crippen LogP contribution in [0.15, 0.2) is 24.3 Å². The van der Waals surface area contributed by atoms with E-state index in [-0.39, 0.29) is 0 Å². The molecule has 1 N–H and O–H groups in total. The summed E-state index contributed by atoms with van der Waals surface area (Å²) < 4.78 is 6.18. The summed E-state index contributed by atoms with van der Waals surface area (Å²) in [5, 5.41) is 3.39. The summed E-state index contributed by atoms with van der Waals surface area (Å²) in [5.74, 6) is 0.971. The summed E-state index contributed by atoms with van der Waals surface area (Å²) >= 11 is 5.59. The Morgan fingerprint density at radius 1 is 0.966 bits per heavy atom. The number of likely N-dealkylation sites (tertiary alicyclic amines) is 1. The Morgan fingerprint density at radius 3 is 2.48 bits per heavy atom. The minimum Gasteiger partial charge on any atom is -0.490 e. The van der Waals surface area contributed by atoms with Crippen molar-refractivity contribution in [1.82, 2.24) is 14.7 Å². The fourth-order valence-corrected chi connectivity index (χ4v) is 4.99. The minimum absolute atomic E-state index is 0.378. The van der Waals surface area contributed by atoms with Crippen molar-refractivity contribution in [2.45, 2.75) is 50.7 Å². The van der Waals surface area contributed by atoms with Crippen LogP contribution in [-0.4, -0.2) is 84.7 Å². The molecule has 0 amide bonds. The number of likely N-dealkylation sites (N-methyl/N-ethyl adjacent to an activating group) is 1. The molecule has 0 atom stereocenters. The average molecular weight is 417 g/mol. The SMILES string of the molecule is CN1CCCN(CC(=S)Nc2ccc(OC3CC(N4CCCCC4)C3)cc2)CC1. The maximum absolute atomic E-state index is 6.18. The lowest BCUT2D eigenvalue weighted by molar-refractivity contribution is 0.00893. The third kappa shape index (κ3) is 6.14. The van der Waals surface area contributed by atoms with Crippen LogP contribution in [0.1, 0.15) is 38.5 Å². The number of piperidine rings is 1. The molecule has 1 aliphatic carbocycles. The molecule has 2 heterocycles. The molecule has 5 nitrogen and oxygen atoms in total. The van der Waals surface area contributed by atoms with Crippen LogP contribution in [0.2, 0.25) is 0 Å². The van der Waals surface area contributed by atoms with E-state index in [0.717, 1.165) is 48.6 Å². The largest absolute Gasteiger partial charge is 0.490 e. The van der Waals surface area contributed by atoms with E-state index in [4.69, 9.17) is 17.0 Å². The third-order valence-electron chi connectivity index (χ3n) is 6.60. The van der Waals surface area contributed by atoms with Crippen LogP contribution in [0, 0.1) is 0 Å². The average Bonchev–Trinajstić information content (AvgIpc) is 2.90. The van der Waals surface area contributed by atoms with E-state index < -0.39 is 0 Å². The van der Waals surface area contributed by atoms with Crippen molar-refractivity contribution >= 4 is 22.9 Å². The lowest BCUT2D eigenvalue weighted by Crippen LogP contribution is -2.50. The van der Waals surface area contributed by atoms with Gasteiger partial charge in [-0.05, 0) is 76.8 Å². The van der Waals surface area contributed by atoms with Gasteiger partial charge in [-0.25, -0.2) is 0 Å². The first-order valence-corrected chi connectivity index (χ1v) is 11.8. The number of hydrogen-bond acceptors (Lipinski definition) is 5. The molecule has 0 bridgehead atoms. The van der Waals surface area contributed by atoms with Crippen molar-refractivity contribution < 1.29 is 4.74 Å². The highest BCUT2D eigenvalue weighted by Crippen LogP contribution is 2.31. The van der Waals surface area contributed by atoms with Gasteiger partial charge < -0.3 is 19.9 Å². The molecule has 0 unspecified atom stereocenters. The second-order valence-electron chi connectivity index (χ2n) is 8.97. The Balaban J connectivity index is 1.18. The van der Waals surface area contributed by atoms with Gasteiger partial charge in [0.1, 0.15) is 11.9 Å². The quantitative estimate of drug-likeness (QED) is 0.715. The van der Waals surface area contributed by atoms with E-state index in [9.17, 15) is 0 Å². The normalized spacial score (nSPS) is 27.1. The molecule has 0 radical (unpaired) electrons. The van der Waals surface area contributed by atoms with Crippen LogP contribution in [0.3, 0.4) is 0 Å². The molecule has 29 heavy (non-hydrogen) atoms. The fraction of sp³-hybridized carbons (Fsp3) is 0.696. The number of thiocarbonyl (C=S) groups is 1. The Bertz CT molecular complexity index is 655. The first kappa shape index (κ1) is 21.0. The van der Waals surface area contributed by atoms with Crippen molar-refractivity contribution in [3.8, 4) is 5.75 Å². The van der Waals surface area contributed by atoms with E-state index in [1.807, 2.05) is 0 Å². The number of ether oxygens (including phenoxy) is 1. The van der Waals surface area contributed by atoms with Gasteiger partial charge in [0, 0.05) is 44.2 Å². The third-order valence-corrected chi connectivity index (χ3v) is 6.83. The van der Waals surface area contributed by atoms with Gasteiger partial charge in [-0.3, -0.25) is 4.90 Å². The molecule has 6 heteroatoms. The van der Waals surface area contributed by atoms with E-state index in [1.54, 1.807) is 0 Å². The number of nitrogens with zero attached hydrogens (tertiary/aromatic N) is 3. The van der Waals surface area contributed by atoms with Gasteiger partial charge in [0.15, 0.2) is 0 Å².